The minimum absolute atomic E-state index is 0.662. The topological polar surface area (TPSA) is 63.2 Å². The Morgan fingerprint density at radius 3 is 2.15 bits per heavy atom. The maximum atomic E-state index is 11.4. The molecule has 0 amide bonds. The van der Waals surface area contributed by atoms with E-state index in [2.05, 4.69) is 22.2 Å². The van der Waals surface area contributed by atoms with Crippen molar-refractivity contribution in [1.82, 2.24) is 4.98 Å². The predicted molar refractivity (Wildman–Crippen MR) is 113 cm³/mol. The van der Waals surface area contributed by atoms with Crippen LogP contribution in [-0.4, -0.2) is 22.6 Å². The number of hydrogen-bond acceptors (Lipinski definition) is 4. The minimum atomic E-state index is -1.14. The number of ether oxygens (including phenoxy) is 1. The highest BCUT2D eigenvalue weighted by atomic mass is 32.2. The molecule has 0 spiro atoms. The van der Waals surface area contributed by atoms with Crippen molar-refractivity contribution in [2.75, 3.05) is 23.4 Å². The maximum Gasteiger partial charge on any atom is 0.144 e. The molecule has 0 saturated heterocycles. The molecule has 0 fully saturated rings. The zero-order valence-corrected chi connectivity index (χ0v) is 15.8. The molecule has 4 aromatic rings. The summed E-state index contributed by atoms with van der Waals surface area (Å²) in [4.78, 5) is 4.75. The number of benzene rings is 3. The normalized spacial score (nSPS) is 12.1. The van der Waals surface area contributed by atoms with E-state index in [9.17, 15) is 4.21 Å². The van der Waals surface area contributed by atoms with Gasteiger partial charge in [-0.05, 0) is 24.3 Å². The number of aromatic nitrogens is 1. The van der Waals surface area contributed by atoms with Gasteiger partial charge in [0, 0.05) is 23.1 Å². The van der Waals surface area contributed by atoms with Crippen molar-refractivity contribution < 1.29 is 8.95 Å². The number of para-hydroxylation sites is 2. The molecule has 4 rings (SSSR count). The van der Waals surface area contributed by atoms with Crippen LogP contribution in [0.5, 0.6) is 5.75 Å². The quantitative estimate of drug-likeness (QED) is 0.488. The molecular formula is C21H19N3O2S. The van der Waals surface area contributed by atoms with Gasteiger partial charge in [-0.25, -0.2) is 9.19 Å². The van der Waals surface area contributed by atoms with Crippen LogP contribution in [0.15, 0.2) is 66.7 Å². The fourth-order valence-electron chi connectivity index (χ4n) is 3.13. The van der Waals surface area contributed by atoms with Gasteiger partial charge in [-0.3, -0.25) is 0 Å². The lowest BCUT2D eigenvalue weighted by atomic mass is 10.1. The average molecular weight is 377 g/mol. The summed E-state index contributed by atoms with van der Waals surface area (Å²) in [5.41, 5.74) is 4.40. The first-order valence-corrected chi connectivity index (χ1v) is 10.0. The second-order valence-corrected chi connectivity index (χ2v) is 7.23. The first-order chi connectivity index (χ1) is 13.2. The fourth-order valence-corrected chi connectivity index (χ4v) is 3.59. The van der Waals surface area contributed by atoms with Crippen LogP contribution in [0.25, 0.3) is 21.8 Å². The highest BCUT2D eigenvalue weighted by Crippen LogP contribution is 2.36. The van der Waals surface area contributed by atoms with Crippen LogP contribution in [0.4, 0.5) is 17.1 Å². The Morgan fingerprint density at radius 1 is 0.926 bits per heavy atom. The molecule has 0 radical (unpaired) electrons. The standard InChI is InChI=1S/C21H19N3O2S/c1-26-20-13-14(24-27(2)25)11-12-19(20)23-21-15-7-3-5-9-17(15)22-18-10-6-4-8-16(18)21/h3-13,24H,1-2H3,(H,22,23). The van der Waals surface area contributed by atoms with E-state index < -0.39 is 11.0 Å². The molecule has 3 aromatic carbocycles. The van der Waals surface area contributed by atoms with Crippen LogP contribution in [0.2, 0.25) is 0 Å². The highest BCUT2D eigenvalue weighted by molar-refractivity contribution is 7.85. The lowest BCUT2D eigenvalue weighted by Gasteiger charge is -2.16. The SMILES string of the molecule is COc1cc(NS(C)=O)ccc1Nc1c2ccccc2nc2ccccc12. The Kier molecular flexibility index (Phi) is 4.64. The smallest absolute Gasteiger partial charge is 0.144 e. The van der Waals surface area contributed by atoms with Gasteiger partial charge >= 0.3 is 0 Å². The number of nitrogens with zero attached hydrogens (tertiary/aromatic N) is 1. The third-order valence-corrected chi connectivity index (χ3v) is 4.83. The van der Waals surface area contributed by atoms with Crippen molar-refractivity contribution in [3.8, 4) is 5.75 Å². The van der Waals surface area contributed by atoms with Crippen LogP contribution in [-0.2, 0) is 11.0 Å². The lowest BCUT2D eigenvalue weighted by Crippen LogP contribution is -2.02. The average Bonchev–Trinajstić information content (AvgIpc) is 2.68. The van der Waals surface area contributed by atoms with Gasteiger partial charge in [0.05, 0.1) is 35.2 Å². The maximum absolute atomic E-state index is 11.4. The molecule has 0 saturated carbocycles. The van der Waals surface area contributed by atoms with Crippen LogP contribution in [0.1, 0.15) is 0 Å². The Bertz CT molecular complexity index is 1110. The molecule has 1 atom stereocenters. The van der Waals surface area contributed by atoms with E-state index in [-0.39, 0.29) is 0 Å². The molecule has 0 bridgehead atoms. The predicted octanol–water partition coefficient (Wildman–Crippen LogP) is 4.85. The summed E-state index contributed by atoms with van der Waals surface area (Å²) in [5, 5.41) is 5.60. The molecule has 1 heterocycles. The monoisotopic (exact) mass is 377 g/mol. The largest absolute Gasteiger partial charge is 0.494 e. The molecule has 0 aliphatic heterocycles. The molecule has 6 heteroatoms. The molecule has 0 aliphatic rings. The Morgan fingerprint density at radius 2 is 1.56 bits per heavy atom. The second-order valence-electron chi connectivity index (χ2n) is 6.12. The number of rotatable bonds is 5. The Labute approximate surface area is 160 Å². The van der Waals surface area contributed by atoms with Gasteiger partial charge in [-0.2, -0.15) is 0 Å². The summed E-state index contributed by atoms with van der Waals surface area (Å²) in [6.45, 7) is 0. The van der Waals surface area contributed by atoms with Gasteiger partial charge in [0.1, 0.15) is 16.7 Å². The van der Waals surface area contributed by atoms with E-state index >= 15 is 0 Å². The van der Waals surface area contributed by atoms with Crippen molar-refractivity contribution in [2.45, 2.75) is 0 Å². The molecular weight excluding hydrogens is 358 g/mol. The van der Waals surface area contributed by atoms with Crippen LogP contribution < -0.4 is 14.8 Å². The van der Waals surface area contributed by atoms with Gasteiger partial charge in [0.15, 0.2) is 0 Å². The second kappa shape index (κ2) is 7.25. The Hall–Kier alpha value is -3.12. The van der Waals surface area contributed by atoms with Crippen molar-refractivity contribution in [1.29, 1.82) is 0 Å². The molecule has 136 valence electrons. The van der Waals surface area contributed by atoms with Gasteiger partial charge in [0.2, 0.25) is 0 Å². The van der Waals surface area contributed by atoms with Crippen molar-refractivity contribution >= 4 is 49.9 Å². The van der Waals surface area contributed by atoms with E-state index in [1.54, 1.807) is 13.4 Å². The van der Waals surface area contributed by atoms with Gasteiger partial charge in [-0.15, -0.1) is 0 Å². The van der Waals surface area contributed by atoms with E-state index in [0.717, 1.165) is 38.9 Å². The fraction of sp³-hybridized carbons (Fsp3) is 0.0952. The molecule has 1 aromatic heterocycles. The minimum Gasteiger partial charge on any atom is -0.494 e. The number of nitrogens with one attached hydrogen (secondary N) is 2. The summed E-state index contributed by atoms with van der Waals surface area (Å²) in [5.74, 6) is 0.662. The van der Waals surface area contributed by atoms with Crippen molar-refractivity contribution in [3.05, 3.63) is 66.7 Å². The first-order valence-electron chi connectivity index (χ1n) is 8.48. The summed E-state index contributed by atoms with van der Waals surface area (Å²) < 4.78 is 19.8. The van der Waals surface area contributed by atoms with Gasteiger partial charge in [0.25, 0.3) is 0 Å². The number of fused-ring (bicyclic) bond motifs is 2. The summed E-state index contributed by atoms with van der Waals surface area (Å²) in [7, 11) is 0.478. The first kappa shape index (κ1) is 17.3. The molecule has 5 nitrogen and oxygen atoms in total. The van der Waals surface area contributed by atoms with Crippen molar-refractivity contribution in [3.63, 3.8) is 0 Å². The zero-order chi connectivity index (χ0) is 18.8. The molecule has 0 aliphatic carbocycles. The highest BCUT2D eigenvalue weighted by Gasteiger charge is 2.12. The number of hydrogen-bond donors (Lipinski definition) is 2. The molecule has 2 N–H and O–H groups in total. The summed E-state index contributed by atoms with van der Waals surface area (Å²) >= 11 is 0. The van der Waals surface area contributed by atoms with E-state index in [1.165, 1.54) is 0 Å². The third kappa shape index (κ3) is 3.44. The summed E-state index contributed by atoms with van der Waals surface area (Å²) in [6, 6.07) is 21.7. The van der Waals surface area contributed by atoms with E-state index in [4.69, 9.17) is 9.72 Å². The van der Waals surface area contributed by atoms with Gasteiger partial charge < -0.3 is 14.8 Å². The van der Waals surface area contributed by atoms with Gasteiger partial charge in [-0.1, -0.05) is 36.4 Å². The van der Waals surface area contributed by atoms with E-state index in [1.807, 2.05) is 54.6 Å². The molecule has 27 heavy (non-hydrogen) atoms. The number of anilines is 3. The van der Waals surface area contributed by atoms with Crippen LogP contribution in [0, 0.1) is 0 Å². The number of methoxy groups -OCH3 is 1. The summed E-state index contributed by atoms with van der Waals surface area (Å²) in [6.07, 6.45) is 1.59. The van der Waals surface area contributed by atoms with Crippen LogP contribution >= 0.6 is 0 Å². The molecule has 1 unspecified atom stereocenters. The van der Waals surface area contributed by atoms with Crippen LogP contribution in [0.3, 0.4) is 0 Å². The van der Waals surface area contributed by atoms with E-state index in [0.29, 0.717) is 5.75 Å². The third-order valence-electron chi connectivity index (χ3n) is 4.31. The van der Waals surface area contributed by atoms with Crippen molar-refractivity contribution in [2.24, 2.45) is 0 Å². The number of pyridine rings is 1. The zero-order valence-electron chi connectivity index (χ0n) is 15.0. The Balaban J connectivity index is 1.86. The lowest BCUT2D eigenvalue weighted by molar-refractivity contribution is 0.417.